The Hall–Kier alpha value is -2.36. The van der Waals surface area contributed by atoms with Crippen LogP contribution in [0.1, 0.15) is 12.6 Å². The van der Waals surface area contributed by atoms with Crippen molar-refractivity contribution < 1.29 is 4.74 Å². The van der Waals surface area contributed by atoms with E-state index in [1.165, 1.54) is 0 Å². The molecule has 1 aromatic carbocycles. The van der Waals surface area contributed by atoms with Crippen LogP contribution in [-0.4, -0.2) is 21.2 Å². The number of benzene rings is 1. The van der Waals surface area contributed by atoms with Gasteiger partial charge < -0.3 is 4.74 Å². The fourth-order valence-electron chi connectivity index (χ4n) is 2.02. The molecule has 0 saturated carbocycles. The average Bonchev–Trinajstić information content (AvgIpc) is 2.85. The average molecular weight is 253 g/mol. The Kier molecular flexibility index (Phi) is 2.91. The Labute approximate surface area is 111 Å². The molecule has 0 aliphatic rings. The van der Waals surface area contributed by atoms with E-state index in [9.17, 15) is 0 Å². The number of ether oxygens (including phenoxy) is 1. The lowest BCUT2D eigenvalue weighted by atomic mass is 10.2. The fraction of sp³-hybridized carbons (Fsp3) is 0.200. The zero-order valence-electron chi connectivity index (χ0n) is 11.0. The van der Waals surface area contributed by atoms with Crippen molar-refractivity contribution in [3.8, 4) is 17.1 Å². The maximum Gasteiger partial charge on any atom is 0.182 e. The van der Waals surface area contributed by atoms with Gasteiger partial charge in [0.25, 0.3) is 0 Å². The number of hydrogen-bond acceptors (Lipinski definition) is 3. The van der Waals surface area contributed by atoms with Crippen LogP contribution in [0.3, 0.4) is 0 Å². The number of pyridine rings is 1. The highest BCUT2D eigenvalue weighted by Gasteiger charge is 2.07. The first-order valence-electron chi connectivity index (χ1n) is 6.33. The van der Waals surface area contributed by atoms with Crippen LogP contribution in [0.5, 0.6) is 5.75 Å². The number of hydrogen-bond donors (Lipinski definition) is 0. The van der Waals surface area contributed by atoms with Crippen molar-refractivity contribution >= 4 is 5.65 Å². The summed E-state index contributed by atoms with van der Waals surface area (Å²) in [5.74, 6) is 1.60. The Balaban J connectivity index is 2.01. The molecule has 19 heavy (non-hydrogen) atoms. The molecule has 0 unspecified atom stereocenters. The molecule has 0 atom stereocenters. The molecule has 96 valence electrons. The first-order chi connectivity index (χ1) is 9.28. The number of fused-ring (bicyclic) bond motifs is 1. The zero-order valence-corrected chi connectivity index (χ0v) is 11.0. The van der Waals surface area contributed by atoms with E-state index < -0.39 is 0 Å². The minimum atomic E-state index is 0.672. The standard InChI is InChI=1S/C15H15N3O/c1-3-19-13-9-7-12(8-10-13)15-16-14-6-4-5-11(2)18(14)17-15/h4-10H,3H2,1-2H3. The number of nitrogens with zero attached hydrogens (tertiary/aromatic N) is 3. The predicted octanol–water partition coefficient (Wildman–Crippen LogP) is 3.10. The van der Waals surface area contributed by atoms with Crippen LogP contribution in [0.15, 0.2) is 42.5 Å². The highest BCUT2D eigenvalue weighted by molar-refractivity contribution is 5.59. The first-order valence-corrected chi connectivity index (χ1v) is 6.33. The molecule has 4 nitrogen and oxygen atoms in total. The van der Waals surface area contributed by atoms with Gasteiger partial charge in [0.1, 0.15) is 5.75 Å². The van der Waals surface area contributed by atoms with E-state index >= 15 is 0 Å². The van der Waals surface area contributed by atoms with Crippen molar-refractivity contribution in [2.24, 2.45) is 0 Å². The van der Waals surface area contributed by atoms with Gasteiger partial charge in [-0.2, -0.15) is 0 Å². The van der Waals surface area contributed by atoms with Gasteiger partial charge in [0.05, 0.1) is 6.61 Å². The summed E-state index contributed by atoms with van der Waals surface area (Å²) in [6.07, 6.45) is 0. The molecular weight excluding hydrogens is 238 g/mol. The van der Waals surface area contributed by atoms with Crippen LogP contribution < -0.4 is 4.74 Å². The summed E-state index contributed by atoms with van der Waals surface area (Å²) in [4.78, 5) is 4.53. The topological polar surface area (TPSA) is 39.4 Å². The molecule has 0 aliphatic carbocycles. The highest BCUT2D eigenvalue weighted by atomic mass is 16.5. The summed E-state index contributed by atoms with van der Waals surface area (Å²) in [6, 6.07) is 13.8. The molecule has 0 radical (unpaired) electrons. The molecule has 4 heteroatoms. The minimum absolute atomic E-state index is 0.672. The monoisotopic (exact) mass is 253 g/mol. The Bertz CT molecular complexity index is 701. The highest BCUT2D eigenvalue weighted by Crippen LogP contribution is 2.20. The molecular formula is C15H15N3O. The normalized spacial score (nSPS) is 10.8. The molecule has 2 heterocycles. The third-order valence-corrected chi connectivity index (χ3v) is 2.97. The van der Waals surface area contributed by atoms with E-state index in [0.29, 0.717) is 6.61 Å². The number of aryl methyl sites for hydroxylation is 1. The minimum Gasteiger partial charge on any atom is -0.494 e. The largest absolute Gasteiger partial charge is 0.494 e. The van der Waals surface area contributed by atoms with Gasteiger partial charge >= 0.3 is 0 Å². The van der Waals surface area contributed by atoms with Gasteiger partial charge in [0, 0.05) is 11.3 Å². The third-order valence-electron chi connectivity index (χ3n) is 2.97. The fourth-order valence-corrected chi connectivity index (χ4v) is 2.02. The molecule has 3 aromatic rings. The van der Waals surface area contributed by atoms with Crippen molar-refractivity contribution in [2.45, 2.75) is 13.8 Å². The summed E-state index contributed by atoms with van der Waals surface area (Å²) in [5.41, 5.74) is 2.93. The van der Waals surface area contributed by atoms with Crippen molar-refractivity contribution in [3.05, 3.63) is 48.2 Å². The van der Waals surface area contributed by atoms with Gasteiger partial charge in [-0.3, -0.25) is 0 Å². The molecule has 0 spiro atoms. The van der Waals surface area contributed by atoms with Gasteiger partial charge in [0.15, 0.2) is 11.5 Å². The summed E-state index contributed by atoms with van der Waals surface area (Å²) in [7, 11) is 0. The molecule has 0 amide bonds. The van der Waals surface area contributed by atoms with Crippen LogP contribution >= 0.6 is 0 Å². The predicted molar refractivity (Wildman–Crippen MR) is 74.3 cm³/mol. The summed E-state index contributed by atoms with van der Waals surface area (Å²) in [5, 5.41) is 4.52. The molecule has 0 fully saturated rings. The van der Waals surface area contributed by atoms with Gasteiger partial charge in [0.2, 0.25) is 0 Å². The molecule has 2 aromatic heterocycles. The molecule has 0 N–H and O–H groups in total. The molecule has 0 aliphatic heterocycles. The van der Waals surface area contributed by atoms with E-state index in [1.54, 1.807) is 0 Å². The van der Waals surface area contributed by atoms with E-state index in [0.717, 1.165) is 28.5 Å². The molecule has 0 bridgehead atoms. The Morgan fingerprint density at radius 2 is 1.89 bits per heavy atom. The first kappa shape index (κ1) is 11.7. The number of aromatic nitrogens is 3. The second-order valence-corrected chi connectivity index (χ2v) is 4.33. The van der Waals surface area contributed by atoms with Gasteiger partial charge in [-0.25, -0.2) is 9.50 Å². The Morgan fingerprint density at radius 3 is 2.58 bits per heavy atom. The summed E-state index contributed by atoms with van der Waals surface area (Å²) in [6.45, 7) is 4.66. The smallest absolute Gasteiger partial charge is 0.182 e. The van der Waals surface area contributed by atoms with Gasteiger partial charge in [-0.1, -0.05) is 6.07 Å². The number of rotatable bonds is 3. The molecule has 0 saturated heterocycles. The third kappa shape index (κ3) is 2.17. The Morgan fingerprint density at radius 1 is 1.11 bits per heavy atom. The quantitative estimate of drug-likeness (QED) is 0.720. The lowest BCUT2D eigenvalue weighted by molar-refractivity contribution is 0.340. The van der Waals surface area contributed by atoms with Gasteiger partial charge in [-0.05, 0) is 50.2 Å². The lowest BCUT2D eigenvalue weighted by Gasteiger charge is -2.02. The van der Waals surface area contributed by atoms with Crippen LogP contribution in [0.2, 0.25) is 0 Å². The summed E-state index contributed by atoms with van der Waals surface area (Å²) >= 11 is 0. The van der Waals surface area contributed by atoms with E-state index in [4.69, 9.17) is 4.74 Å². The maximum absolute atomic E-state index is 5.43. The van der Waals surface area contributed by atoms with Crippen molar-refractivity contribution in [2.75, 3.05) is 6.61 Å². The van der Waals surface area contributed by atoms with Gasteiger partial charge in [-0.15, -0.1) is 5.10 Å². The second kappa shape index (κ2) is 4.72. The van der Waals surface area contributed by atoms with Crippen LogP contribution in [0.4, 0.5) is 0 Å². The van der Waals surface area contributed by atoms with Crippen molar-refractivity contribution in [1.82, 2.24) is 14.6 Å². The zero-order chi connectivity index (χ0) is 13.2. The van der Waals surface area contributed by atoms with Crippen molar-refractivity contribution in [3.63, 3.8) is 0 Å². The van der Waals surface area contributed by atoms with E-state index in [1.807, 2.05) is 60.8 Å². The van der Waals surface area contributed by atoms with Crippen molar-refractivity contribution in [1.29, 1.82) is 0 Å². The van der Waals surface area contributed by atoms with Crippen LogP contribution in [0.25, 0.3) is 17.0 Å². The molecule has 3 rings (SSSR count). The lowest BCUT2D eigenvalue weighted by Crippen LogP contribution is -1.92. The second-order valence-electron chi connectivity index (χ2n) is 4.33. The van der Waals surface area contributed by atoms with Crippen LogP contribution in [0, 0.1) is 6.92 Å². The maximum atomic E-state index is 5.43. The van der Waals surface area contributed by atoms with E-state index in [-0.39, 0.29) is 0 Å². The van der Waals surface area contributed by atoms with E-state index in [2.05, 4.69) is 10.1 Å². The SMILES string of the molecule is CCOc1ccc(-c2nc3cccc(C)n3n2)cc1. The van der Waals surface area contributed by atoms with Crippen LogP contribution in [-0.2, 0) is 0 Å². The summed E-state index contributed by atoms with van der Waals surface area (Å²) < 4.78 is 7.28.